The molecule has 55 heavy (non-hydrogen) atoms. The molecule has 0 amide bonds. The first-order chi connectivity index (χ1) is 26.7. The maximum atomic E-state index is 12.6. The highest BCUT2D eigenvalue weighted by Gasteiger charge is 2.27. The van der Waals surface area contributed by atoms with Crippen molar-refractivity contribution in [3.05, 3.63) is 36.5 Å². The van der Waals surface area contributed by atoms with Crippen molar-refractivity contribution in [1.82, 2.24) is 0 Å². The molecule has 3 N–H and O–H groups in total. The summed E-state index contributed by atoms with van der Waals surface area (Å²) in [5, 5.41) is 18.3. The van der Waals surface area contributed by atoms with E-state index in [-0.39, 0.29) is 19.4 Å². The number of ether oxygens (including phenoxy) is 2. The Hall–Kier alpha value is -1.81. The zero-order valence-electron chi connectivity index (χ0n) is 34.9. The number of carbonyl (C=O) groups excluding carboxylic acids is 2. The molecule has 0 bridgehead atoms. The van der Waals surface area contributed by atoms with Gasteiger partial charge in [0.15, 0.2) is 6.10 Å². The predicted octanol–water partition coefficient (Wildman–Crippen LogP) is 11.6. The molecule has 0 aromatic rings. The standard InChI is InChI=1S/C44H81O10P/c1-3-5-7-9-11-13-15-17-19-20-22-24-26-28-30-32-34-36-44(48)54-42(40-53-55(49,50)52-38-41(46)37-45)39-51-43(47)35-33-31-29-27-25-23-21-18-16-14-12-10-8-6-4-2/h5,7,11,13,17,19,41-42,45-46H,3-4,6,8-10,12,14-16,18,20-40H2,1-2H3,(H,49,50)/b7-5-,13-11-,19-17-. The number of aliphatic hydroxyl groups excluding tert-OH is 2. The van der Waals surface area contributed by atoms with E-state index in [0.29, 0.717) is 12.8 Å². The number of allylic oxidation sites excluding steroid dienone is 6. The molecule has 322 valence electrons. The van der Waals surface area contributed by atoms with Crippen LogP contribution in [0, 0.1) is 0 Å². The monoisotopic (exact) mass is 801 g/mol. The number of aliphatic hydroxyl groups is 2. The van der Waals surface area contributed by atoms with Gasteiger partial charge in [0.1, 0.15) is 12.7 Å². The summed E-state index contributed by atoms with van der Waals surface area (Å²) < 4.78 is 32.7. The molecule has 11 heteroatoms. The van der Waals surface area contributed by atoms with Gasteiger partial charge in [-0.2, -0.15) is 0 Å². The molecule has 0 rings (SSSR count). The van der Waals surface area contributed by atoms with Crippen molar-refractivity contribution in [2.75, 3.05) is 26.4 Å². The minimum absolute atomic E-state index is 0.174. The Kier molecular flexibility index (Phi) is 39.1. The Morgan fingerprint density at radius 2 is 1.00 bits per heavy atom. The zero-order chi connectivity index (χ0) is 40.5. The average Bonchev–Trinajstić information content (AvgIpc) is 3.17. The summed E-state index contributed by atoms with van der Waals surface area (Å²) in [6.07, 6.45) is 41.0. The lowest BCUT2D eigenvalue weighted by atomic mass is 10.0. The first kappa shape index (κ1) is 53.2. The molecule has 3 unspecified atom stereocenters. The molecule has 0 heterocycles. The fraction of sp³-hybridized carbons (Fsp3) is 0.818. The second-order valence-corrected chi connectivity index (χ2v) is 16.2. The Balaban J connectivity index is 4.29. The third-order valence-electron chi connectivity index (χ3n) is 9.31. The predicted molar refractivity (Wildman–Crippen MR) is 224 cm³/mol. The fourth-order valence-corrected chi connectivity index (χ4v) is 6.74. The first-order valence-corrected chi connectivity index (χ1v) is 23.4. The molecule has 0 aromatic carbocycles. The molecule has 0 radical (unpaired) electrons. The van der Waals surface area contributed by atoms with Crippen molar-refractivity contribution in [3.63, 3.8) is 0 Å². The molecule has 0 aromatic heterocycles. The Morgan fingerprint density at radius 1 is 0.564 bits per heavy atom. The summed E-state index contributed by atoms with van der Waals surface area (Å²) >= 11 is 0. The van der Waals surface area contributed by atoms with Gasteiger partial charge in [0.2, 0.25) is 0 Å². The molecule has 0 saturated carbocycles. The number of hydrogen-bond donors (Lipinski definition) is 3. The van der Waals surface area contributed by atoms with Crippen LogP contribution in [0.3, 0.4) is 0 Å². The second kappa shape index (κ2) is 40.4. The second-order valence-electron chi connectivity index (χ2n) is 14.7. The largest absolute Gasteiger partial charge is 0.472 e. The summed E-state index contributed by atoms with van der Waals surface area (Å²) in [6.45, 7) is 2.27. The minimum atomic E-state index is -4.62. The third-order valence-corrected chi connectivity index (χ3v) is 10.3. The van der Waals surface area contributed by atoms with Crippen molar-refractivity contribution in [2.24, 2.45) is 0 Å². The van der Waals surface area contributed by atoms with Crippen molar-refractivity contribution < 1.29 is 47.8 Å². The maximum absolute atomic E-state index is 12.6. The van der Waals surface area contributed by atoms with E-state index in [1.165, 1.54) is 83.5 Å². The number of unbranched alkanes of at least 4 members (excludes halogenated alkanes) is 21. The van der Waals surface area contributed by atoms with Gasteiger partial charge in [-0.25, -0.2) is 4.57 Å². The van der Waals surface area contributed by atoms with Gasteiger partial charge < -0.3 is 24.6 Å². The lowest BCUT2D eigenvalue weighted by Gasteiger charge is -2.20. The van der Waals surface area contributed by atoms with Crippen LogP contribution in [0.5, 0.6) is 0 Å². The summed E-state index contributed by atoms with van der Waals surface area (Å²) in [5.74, 6) is -0.931. The van der Waals surface area contributed by atoms with Gasteiger partial charge in [-0.05, 0) is 44.9 Å². The maximum Gasteiger partial charge on any atom is 0.472 e. The average molecular weight is 801 g/mol. The molecule has 0 aliphatic carbocycles. The topological polar surface area (TPSA) is 149 Å². The van der Waals surface area contributed by atoms with E-state index >= 15 is 0 Å². The summed E-state index contributed by atoms with van der Waals surface area (Å²) in [7, 11) is -4.62. The Bertz CT molecular complexity index is 1010. The van der Waals surface area contributed by atoms with Gasteiger partial charge in [0.05, 0.1) is 19.8 Å². The van der Waals surface area contributed by atoms with Crippen LogP contribution < -0.4 is 0 Å². The van der Waals surface area contributed by atoms with Crippen LogP contribution in [0.4, 0.5) is 0 Å². The minimum Gasteiger partial charge on any atom is -0.462 e. The van der Waals surface area contributed by atoms with Gasteiger partial charge in [0, 0.05) is 12.8 Å². The molecule has 10 nitrogen and oxygen atoms in total. The Labute approximate surface area is 335 Å². The van der Waals surface area contributed by atoms with Crippen LogP contribution in [0.15, 0.2) is 36.5 Å². The fourth-order valence-electron chi connectivity index (χ4n) is 5.95. The number of carbonyl (C=O) groups is 2. The van der Waals surface area contributed by atoms with Gasteiger partial charge in [-0.1, -0.05) is 172 Å². The van der Waals surface area contributed by atoms with E-state index in [9.17, 15) is 24.2 Å². The lowest BCUT2D eigenvalue weighted by molar-refractivity contribution is -0.161. The van der Waals surface area contributed by atoms with Crippen LogP contribution in [0.1, 0.15) is 194 Å². The first-order valence-electron chi connectivity index (χ1n) is 21.9. The highest BCUT2D eigenvalue weighted by molar-refractivity contribution is 7.47. The van der Waals surface area contributed by atoms with Crippen LogP contribution in [-0.4, -0.2) is 65.7 Å². The molecule has 0 fully saturated rings. The van der Waals surface area contributed by atoms with E-state index in [1.807, 2.05) is 0 Å². The van der Waals surface area contributed by atoms with Crippen molar-refractivity contribution in [3.8, 4) is 0 Å². The number of esters is 2. The molecular formula is C44H81O10P. The van der Waals surface area contributed by atoms with E-state index in [4.69, 9.17) is 23.6 Å². The number of phosphoric acid groups is 1. The molecular weight excluding hydrogens is 719 g/mol. The number of phosphoric ester groups is 1. The quantitative estimate of drug-likeness (QED) is 0.0236. The Morgan fingerprint density at radius 3 is 1.51 bits per heavy atom. The molecule has 0 aliphatic heterocycles. The smallest absolute Gasteiger partial charge is 0.462 e. The van der Waals surface area contributed by atoms with Crippen LogP contribution in [0.2, 0.25) is 0 Å². The zero-order valence-corrected chi connectivity index (χ0v) is 35.8. The van der Waals surface area contributed by atoms with Crippen molar-refractivity contribution in [1.29, 1.82) is 0 Å². The lowest BCUT2D eigenvalue weighted by Crippen LogP contribution is -2.29. The van der Waals surface area contributed by atoms with E-state index in [1.54, 1.807) is 0 Å². The summed E-state index contributed by atoms with van der Waals surface area (Å²) in [5.41, 5.74) is 0. The van der Waals surface area contributed by atoms with Gasteiger partial charge in [-0.3, -0.25) is 18.6 Å². The van der Waals surface area contributed by atoms with Gasteiger partial charge in [0.25, 0.3) is 0 Å². The molecule has 0 saturated heterocycles. The molecule has 0 spiro atoms. The van der Waals surface area contributed by atoms with E-state index in [0.717, 1.165) is 70.6 Å². The SMILES string of the molecule is CC/C=C\C/C=C\C/C=C\CCCCCCCCCC(=O)OC(COC(=O)CCCCCCCCCCCCCCCCC)COP(=O)(O)OCC(O)CO. The van der Waals surface area contributed by atoms with Crippen LogP contribution in [-0.2, 0) is 32.7 Å². The molecule has 3 atom stereocenters. The number of rotatable bonds is 41. The normalized spacial score (nSPS) is 14.2. The van der Waals surface area contributed by atoms with Crippen molar-refractivity contribution in [2.45, 2.75) is 206 Å². The van der Waals surface area contributed by atoms with Crippen LogP contribution >= 0.6 is 7.82 Å². The summed E-state index contributed by atoms with van der Waals surface area (Å²) in [6, 6.07) is 0. The van der Waals surface area contributed by atoms with E-state index < -0.39 is 51.8 Å². The third kappa shape index (κ3) is 40.2. The van der Waals surface area contributed by atoms with Crippen molar-refractivity contribution >= 4 is 19.8 Å². The highest BCUT2D eigenvalue weighted by atomic mass is 31.2. The van der Waals surface area contributed by atoms with Crippen LogP contribution in [0.25, 0.3) is 0 Å². The van der Waals surface area contributed by atoms with Gasteiger partial charge >= 0.3 is 19.8 Å². The van der Waals surface area contributed by atoms with Gasteiger partial charge in [-0.15, -0.1) is 0 Å². The highest BCUT2D eigenvalue weighted by Crippen LogP contribution is 2.43. The number of hydrogen-bond acceptors (Lipinski definition) is 9. The molecule has 0 aliphatic rings. The van der Waals surface area contributed by atoms with E-state index in [2.05, 4.69) is 50.3 Å². The summed E-state index contributed by atoms with van der Waals surface area (Å²) in [4.78, 5) is 35.0.